The first-order chi connectivity index (χ1) is 11.2. The summed E-state index contributed by atoms with van der Waals surface area (Å²) in [5, 5.41) is 22.6. The van der Waals surface area contributed by atoms with E-state index in [1.54, 1.807) is 6.07 Å². The third kappa shape index (κ3) is 3.39. The van der Waals surface area contributed by atoms with E-state index in [0.717, 1.165) is 37.7 Å². The molecule has 1 fully saturated rings. The quantitative estimate of drug-likeness (QED) is 0.914. The number of benzene rings is 1. The van der Waals surface area contributed by atoms with Gasteiger partial charge in [0.05, 0.1) is 17.3 Å². The van der Waals surface area contributed by atoms with Crippen molar-refractivity contribution in [3.05, 3.63) is 64.7 Å². The Morgan fingerprint density at radius 3 is 2.74 bits per heavy atom. The molecule has 0 radical (unpaired) electrons. The maximum absolute atomic E-state index is 14.1. The van der Waals surface area contributed by atoms with Crippen LogP contribution in [0.4, 0.5) is 4.39 Å². The molecular formula is C18H18FN3O. The van der Waals surface area contributed by atoms with Crippen molar-refractivity contribution in [2.75, 3.05) is 13.1 Å². The molecule has 5 heteroatoms. The Labute approximate surface area is 134 Å². The summed E-state index contributed by atoms with van der Waals surface area (Å²) in [6.07, 6.45) is 0.889. The number of aromatic nitrogens is 1. The first-order valence-corrected chi connectivity index (χ1v) is 7.74. The fourth-order valence-corrected chi connectivity index (χ4v) is 2.94. The number of pyridine rings is 1. The molecule has 0 bridgehead atoms. The zero-order valence-corrected chi connectivity index (χ0v) is 12.7. The lowest BCUT2D eigenvalue weighted by Crippen LogP contribution is -2.27. The van der Waals surface area contributed by atoms with Gasteiger partial charge >= 0.3 is 0 Å². The third-order valence-electron chi connectivity index (χ3n) is 4.25. The second-order valence-electron chi connectivity index (χ2n) is 5.76. The molecule has 2 N–H and O–H groups in total. The van der Waals surface area contributed by atoms with Crippen LogP contribution in [0, 0.1) is 17.1 Å². The molecule has 0 saturated carbocycles. The summed E-state index contributed by atoms with van der Waals surface area (Å²) in [6.45, 7) is 1.92. The van der Waals surface area contributed by atoms with Crippen LogP contribution in [0.25, 0.3) is 0 Å². The predicted molar refractivity (Wildman–Crippen MR) is 84.3 cm³/mol. The van der Waals surface area contributed by atoms with E-state index in [1.165, 1.54) is 12.1 Å². The summed E-state index contributed by atoms with van der Waals surface area (Å²) >= 11 is 0. The van der Waals surface area contributed by atoms with Crippen LogP contribution in [0.15, 0.2) is 36.4 Å². The maximum Gasteiger partial charge on any atom is 0.130 e. The van der Waals surface area contributed by atoms with Crippen molar-refractivity contribution in [3.8, 4) is 6.07 Å². The molecule has 1 aromatic heterocycles. The monoisotopic (exact) mass is 311 g/mol. The van der Waals surface area contributed by atoms with E-state index in [4.69, 9.17) is 5.26 Å². The van der Waals surface area contributed by atoms with Gasteiger partial charge in [-0.1, -0.05) is 12.1 Å². The molecule has 0 aliphatic carbocycles. The van der Waals surface area contributed by atoms with Gasteiger partial charge in [0.1, 0.15) is 11.9 Å². The van der Waals surface area contributed by atoms with Gasteiger partial charge in [-0.05, 0) is 50.2 Å². The number of aliphatic hydroxyl groups is 1. The van der Waals surface area contributed by atoms with E-state index in [-0.39, 0.29) is 11.1 Å². The number of hydrogen-bond acceptors (Lipinski definition) is 4. The van der Waals surface area contributed by atoms with Crippen LogP contribution in [0.1, 0.15) is 47.4 Å². The molecule has 118 valence electrons. The van der Waals surface area contributed by atoms with Gasteiger partial charge in [-0.15, -0.1) is 0 Å². The van der Waals surface area contributed by atoms with Crippen molar-refractivity contribution < 1.29 is 9.50 Å². The molecule has 2 heterocycles. The summed E-state index contributed by atoms with van der Waals surface area (Å²) in [4.78, 5) is 4.55. The number of rotatable bonds is 3. The summed E-state index contributed by atoms with van der Waals surface area (Å²) < 4.78 is 14.1. The highest BCUT2D eigenvalue weighted by Gasteiger charge is 2.20. The topological polar surface area (TPSA) is 68.9 Å². The smallest absolute Gasteiger partial charge is 0.130 e. The molecule has 1 unspecified atom stereocenters. The van der Waals surface area contributed by atoms with Gasteiger partial charge in [-0.3, -0.25) is 4.98 Å². The Hall–Kier alpha value is -2.29. The van der Waals surface area contributed by atoms with E-state index < -0.39 is 11.9 Å². The third-order valence-corrected chi connectivity index (χ3v) is 4.25. The van der Waals surface area contributed by atoms with Crippen molar-refractivity contribution in [1.29, 1.82) is 5.26 Å². The highest BCUT2D eigenvalue weighted by Crippen LogP contribution is 2.27. The number of nitriles is 1. The van der Waals surface area contributed by atoms with Crippen LogP contribution in [-0.4, -0.2) is 23.2 Å². The Morgan fingerprint density at radius 1 is 1.26 bits per heavy atom. The molecule has 1 aliphatic heterocycles. The van der Waals surface area contributed by atoms with E-state index in [9.17, 15) is 9.50 Å². The molecule has 0 spiro atoms. The molecule has 4 nitrogen and oxygen atoms in total. The normalized spacial score (nSPS) is 16.7. The minimum Gasteiger partial charge on any atom is -0.382 e. The molecule has 2 aromatic rings. The Balaban J connectivity index is 1.87. The average molecular weight is 311 g/mol. The molecular weight excluding hydrogens is 293 g/mol. The first-order valence-electron chi connectivity index (χ1n) is 7.74. The van der Waals surface area contributed by atoms with Gasteiger partial charge in [0.2, 0.25) is 0 Å². The summed E-state index contributed by atoms with van der Waals surface area (Å²) in [5.41, 5.74) is 1.75. The zero-order chi connectivity index (χ0) is 16.2. The lowest BCUT2D eigenvalue weighted by molar-refractivity contribution is 0.209. The van der Waals surface area contributed by atoms with E-state index in [1.807, 2.05) is 18.2 Å². The zero-order valence-electron chi connectivity index (χ0n) is 12.7. The molecule has 1 atom stereocenters. The van der Waals surface area contributed by atoms with Crippen LogP contribution in [0.3, 0.4) is 0 Å². The summed E-state index contributed by atoms with van der Waals surface area (Å²) in [7, 11) is 0. The van der Waals surface area contributed by atoms with Gasteiger partial charge in [-0.2, -0.15) is 5.26 Å². The summed E-state index contributed by atoms with van der Waals surface area (Å²) in [5.74, 6) is -0.222. The fraction of sp³-hybridized carbons (Fsp3) is 0.333. The van der Waals surface area contributed by atoms with Crippen LogP contribution in [-0.2, 0) is 0 Å². The van der Waals surface area contributed by atoms with Crippen LogP contribution < -0.4 is 5.32 Å². The molecule has 1 aliphatic rings. The van der Waals surface area contributed by atoms with Crippen LogP contribution in [0.2, 0.25) is 0 Å². The highest BCUT2D eigenvalue weighted by atomic mass is 19.1. The molecule has 23 heavy (non-hydrogen) atoms. The maximum atomic E-state index is 14.1. The standard InChI is InChI=1S/C18H18FN3O/c19-15-10-12(11-20)4-5-14(15)18(23)17-3-1-2-16(22-17)13-6-8-21-9-7-13/h1-5,10,13,18,21,23H,6-9H2. The van der Waals surface area contributed by atoms with Crippen molar-refractivity contribution in [2.24, 2.45) is 0 Å². The molecule has 0 amide bonds. The molecule has 3 rings (SSSR count). The van der Waals surface area contributed by atoms with Crippen molar-refractivity contribution in [2.45, 2.75) is 24.9 Å². The van der Waals surface area contributed by atoms with E-state index in [0.29, 0.717) is 11.6 Å². The Morgan fingerprint density at radius 2 is 2.04 bits per heavy atom. The lowest BCUT2D eigenvalue weighted by atomic mass is 9.93. The second kappa shape index (κ2) is 6.86. The Bertz CT molecular complexity index is 735. The van der Waals surface area contributed by atoms with Crippen molar-refractivity contribution in [3.63, 3.8) is 0 Å². The first kappa shape index (κ1) is 15.6. The minimum absolute atomic E-state index is 0.138. The number of aliphatic hydroxyl groups excluding tert-OH is 1. The molecule has 1 aromatic carbocycles. The number of hydrogen-bond donors (Lipinski definition) is 2. The van der Waals surface area contributed by atoms with Crippen LogP contribution >= 0.6 is 0 Å². The van der Waals surface area contributed by atoms with Gasteiger partial charge < -0.3 is 10.4 Å². The second-order valence-corrected chi connectivity index (χ2v) is 5.76. The highest BCUT2D eigenvalue weighted by molar-refractivity contribution is 5.36. The van der Waals surface area contributed by atoms with Gasteiger partial charge in [0, 0.05) is 17.2 Å². The minimum atomic E-state index is -1.13. The number of nitrogens with zero attached hydrogens (tertiary/aromatic N) is 2. The SMILES string of the molecule is N#Cc1ccc(C(O)c2cccc(C3CCNCC3)n2)c(F)c1. The van der Waals surface area contributed by atoms with Crippen molar-refractivity contribution in [1.82, 2.24) is 10.3 Å². The summed E-state index contributed by atoms with van der Waals surface area (Å²) in [6, 6.07) is 11.5. The van der Waals surface area contributed by atoms with Gasteiger partial charge in [0.15, 0.2) is 0 Å². The number of piperidine rings is 1. The van der Waals surface area contributed by atoms with Crippen molar-refractivity contribution >= 4 is 0 Å². The predicted octanol–water partition coefficient (Wildman–Crippen LogP) is 2.64. The van der Waals surface area contributed by atoms with Gasteiger partial charge in [-0.25, -0.2) is 4.39 Å². The largest absolute Gasteiger partial charge is 0.382 e. The van der Waals surface area contributed by atoms with E-state index >= 15 is 0 Å². The number of halogens is 1. The van der Waals surface area contributed by atoms with Crippen LogP contribution in [0.5, 0.6) is 0 Å². The number of nitrogens with one attached hydrogen (secondary N) is 1. The average Bonchev–Trinajstić information content (AvgIpc) is 2.62. The van der Waals surface area contributed by atoms with Gasteiger partial charge in [0.25, 0.3) is 0 Å². The lowest BCUT2D eigenvalue weighted by Gasteiger charge is -2.23. The Kier molecular flexibility index (Phi) is 4.65. The fourth-order valence-electron chi connectivity index (χ4n) is 2.94. The molecule has 1 saturated heterocycles. The van der Waals surface area contributed by atoms with E-state index in [2.05, 4.69) is 10.3 Å².